The van der Waals surface area contributed by atoms with E-state index in [2.05, 4.69) is 16.9 Å². The van der Waals surface area contributed by atoms with Crippen LogP contribution in [0.1, 0.15) is 48.9 Å². The van der Waals surface area contributed by atoms with E-state index < -0.39 is 10.0 Å². The standard InChI is InChI=1S/C20H24ClNO3S/c1-3-18(16-9-8-14-6-4-5-7-15(14)12-16)22-26(23,24)20-13-17(21)10-11-19(20)25-2/h8-13,18,22H,3-7H2,1-2H3/t18-/m0/s1. The third kappa shape index (κ3) is 4.05. The second-order valence-corrected chi connectivity index (χ2v) is 8.73. The molecule has 0 aliphatic heterocycles. The average molecular weight is 394 g/mol. The number of hydrogen-bond acceptors (Lipinski definition) is 3. The van der Waals surface area contributed by atoms with Crippen molar-refractivity contribution >= 4 is 21.6 Å². The Labute approximate surface area is 160 Å². The van der Waals surface area contributed by atoms with Crippen LogP contribution < -0.4 is 9.46 Å². The normalized spacial score (nSPS) is 15.3. The van der Waals surface area contributed by atoms with E-state index in [1.165, 1.54) is 37.1 Å². The van der Waals surface area contributed by atoms with Crippen LogP contribution in [0.4, 0.5) is 0 Å². The molecule has 3 rings (SSSR count). The molecule has 0 fully saturated rings. The first-order chi connectivity index (χ1) is 12.4. The van der Waals surface area contributed by atoms with Crippen molar-refractivity contribution in [3.63, 3.8) is 0 Å². The van der Waals surface area contributed by atoms with E-state index in [9.17, 15) is 8.42 Å². The SMILES string of the molecule is CC[C@H](NS(=O)(=O)c1cc(Cl)ccc1OC)c1ccc2c(c1)CCCC2. The van der Waals surface area contributed by atoms with Crippen molar-refractivity contribution in [3.05, 3.63) is 58.1 Å². The van der Waals surface area contributed by atoms with Gasteiger partial charge in [-0.1, -0.05) is 36.7 Å². The Kier molecular flexibility index (Phi) is 5.90. The fourth-order valence-electron chi connectivity index (χ4n) is 3.47. The van der Waals surface area contributed by atoms with Crippen LogP contribution in [0.5, 0.6) is 5.75 Å². The van der Waals surface area contributed by atoms with Crippen LogP contribution in [0.15, 0.2) is 41.3 Å². The first kappa shape index (κ1) is 19.2. The third-order valence-electron chi connectivity index (χ3n) is 4.90. The topological polar surface area (TPSA) is 55.4 Å². The van der Waals surface area contributed by atoms with Gasteiger partial charge in [0, 0.05) is 11.1 Å². The molecule has 26 heavy (non-hydrogen) atoms. The quantitative estimate of drug-likeness (QED) is 0.776. The van der Waals surface area contributed by atoms with E-state index in [0.717, 1.165) is 18.4 Å². The Morgan fingerprint density at radius 3 is 2.54 bits per heavy atom. The van der Waals surface area contributed by atoms with Gasteiger partial charge in [0.1, 0.15) is 10.6 Å². The largest absolute Gasteiger partial charge is 0.495 e. The number of sulfonamides is 1. The molecule has 0 aromatic heterocycles. The molecule has 0 saturated heterocycles. The Bertz CT molecular complexity index is 896. The maximum absolute atomic E-state index is 12.9. The Morgan fingerprint density at radius 2 is 1.85 bits per heavy atom. The highest BCUT2D eigenvalue weighted by Crippen LogP contribution is 2.30. The summed E-state index contributed by atoms with van der Waals surface area (Å²) in [5, 5.41) is 0.355. The molecule has 0 amide bonds. The van der Waals surface area contributed by atoms with Crippen molar-refractivity contribution in [2.45, 2.75) is 50.0 Å². The number of halogens is 1. The van der Waals surface area contributed by atoms with E-state index in [-0.39, 0.29) is 16.7 Å². The summed E-state index contributed by atoms with van der Waals surface area (Å²) in [5.41, 5.74) is 3.72. The highest BCUT2D eigenvalue weighted by Gasteiger charge is 2.25. The average Bonchev–Trinajstić information content (AvgIpc) is 2.65. The highest BCUT2D eigenvalue weighted by molar-refractivity contribution is 7.89. The molecule has 4 nitrogen and oxygen atoms in total. The van der Waals surface area contributed by atoms with Crippen LogP contribution in [0, 0.1) is 0 Å². The van der Waals surface area contributed by atoms with E-state index in [1.54, 1.807) is 12.1 Å². The van der Waals surface area contributed by atoms with Crippen LogP contribution in [0.25, 0.3) is 0 Å². The molecule has 2 aromatic rings. The minimum Gasteiger partial charge on any atom is -0.495 e. The number of benzene rings is 2. The van der Waals surface area contributed by atoms with Crippen LogP contribution in [0.3, 0.4) is 0 Å². The molecule has 1 atom stereocenters. The number of methoxy groups -OCH3 is 1. The number of ether oxygens (including phenoxy) is 1. The molecule has 1 aliphatic rings. The molecule has 0 saturated carbocycles. The molecule has 6 heteroatoms. The van der Waals surface area contributed by atoms with E-state index >= 15 is 0 Å². The molecule has 1 aliphatic carbocycles. The molecule has 1 N–H and O–H groups in total. The lowest BCUT2D eigenvalue weighted by Gasteiger charge is -2.22. The summed E-state index contributed by atoms with van der Waals surface area (Å²) >= 11 is 6.00. The number of fused-ring (bicyclic) bond motifs is 1. The van der Waals surface area contributed by atoms with Crippen molar-refractivity contribution < 1.29 is 13.2 Å². The maximum Gasteiger partial charge on any atom is 0.244 e. The van der Waals surface area contributed by atoms with Crippen molar-refractivity contribution in [2.75, 3.05) is 7.11 Å². The van der Waals surface area contributed by atoms with Gasteiger partial charge in [-0.2, -0.15) is 0 Å². The van der Waals surface area contributed by atoms with Gasteiger partial charge in [-0.25, -0.2) is 13.1 Å². The number of aryl methyl sites for hydroxylation is 2. The van der Waals surface area contributed by atoms with Crippen LogP contribution in [-0.4, -0.2) is 15.5 Å². The first-order valence-corrected chi connectivity index (χ1v) is 10.8. The lowest BCUT2D eigenvalue weighted by atomic mass is 9.89. The molecule has 2 aromatic carbocycles. The van der Waals surface area contributed by atoms with E-state index in [0.29, 0.717) is 11.4 Å². The van der Waals surface area contributed by atoms with Gasteiger partial charge in [0.2, 0.25) is 10.0 Å². The second-order valence-electron chi connectivity index (χ2n) is 6.61. The van der Waals surface area contributed by atoms with E-state index in [1.807, 2.05) is 13.0 Å². The lowest BCUT2D eigenvalue weighted by Crippen LogP contribution is -2.29. The third-order valence-corrected chi connectivity index (χ3v) is 6.62. The van der Waals surface area contributed by atoms with Gasteiger partial charge in [-0.05, 0) is 67.0 Å². The van der Waals surface area contributed by atoms with Gasteiger partial charge >= 0.3 is 0 Å². The Balaban J connectivity index is 1.91. The number of rotatable bonds is 6. The maximum atomic E-state index is 12.9. The highest BCUT2D eigenvalue weighted by atomic mass is 35.5. The van der Waals surface area contributed by atoms with Gasteiger partial charge in [0.25, 0.3) is 0 Å². The van der Waals surface area contributed by atoms with E-state index in [4.69, 9.17) is 16.3 Å². The van der Waals surface area contributed by atoms with Crippen LogP contribution in [-0.2, 0) is 22.9 Å². The number of hydrogen-bond donors (Lipinski definition) is 1. The van der Waals surface area contributed by atoms with Crippen molar-refractivity contribution in [2.24, 2.45) is 0 Å². The second kappa shape index (κ2) is 7.99. The smallest absolute Gasteiger partial charge is 0.244 e. The summed E-state index contributed by atoms with van der Waals surface area (Å²) in [6, 6.07) is 10.6. The molecule has 0 heterocycles. The fourth-order valence-corrected chi connectivity index (χ4v) is 5.21. The summed E-state index contributed by atoms with van der Waals surface area (Å²) < 4.78 is 33.9. The fraction of sp³-hybridized carbons (Fsp3) is 0.400. The Morgan fingerprint density at radius 1 is 1.12 bits per heavy atom. The summed E-state index contributed by atoms with van der Waals surface area (Å²) in [6.45, 7) is 1.97. The summed E-state index contributed by atoms with van der Waals surface area (Å²) in [7, 11) is -2.32. The zero-order chi connectivity index (χ0) is 18.7. The molecule has 0 bridgehead atoms. The van der Waals surface area contributed by atoms with Gasteiger partial charge in [-0.3, -0.25) is 0 Å². The zero-order valence-corrected chi connectivity index (χ0v) is 16.7. The van der Waals surface area contributed by atoms with Crippen molar-refractivity contribution in [1.82, 2.24) is 4.72 Å². The first-order valence-electron chi connectivity index (χ1n) is 8.92. The predicted octanol–water partition coefficient (Wildman–Crippen LogP) is 4.66. The Hall–Kier alpha value is -1.56. The minimum atomic E-state index is -3.77. The summed E-state index contributed by atoms with van der Waals surface area (Å²) in [4.78, 5) is 0.0592. The molecule has 140 valence electrons. The summed E-state index contributed by atoms with van der Waals surface area (Å²) in [5.74, 6) is 0.280. The molecule has 0 radical (unpaired) electrons. The van der Waals surface area contributed by atoms with Crippen LogP contribution in [0.2, 0.25) is 5.02 Å². The molecular weight excluding hydrogens is 370 g/mol. The lowest BCUT2D eigenvalue weighted by molar-refractivity contribution is 0.402. The van der Waals surface area contributed by atoms with Gasteiger partial charge in [-0.15, -0.1) is 0 Å². The number of nitrogens with one attached hydrogen (secondary N) is 1. The monoisotopic (exact) mass is 393 g/mol. The zero-order valence-electron chi connectivity index (χ0n) is 15.1. The van der Waals surface area contributed by atoms with Crippen LogP contribution >= 0.6 is 11.6 Å². The molecular formula is C20H24ClNO3S. The molecule has 0 unspecified atom stereocenters. The minimum absolute atomic E-state index is 0.0592. The summed E-state index contributed by atoms with van der Waals surface area (Å²) in [6.07, 6.45) is 5.25. The van der Waals surface area contributed by atoms with Gasteiger partial charge in [0.05, 0.1) is 7.11 Å². The van der Waals surface area contributed by atoms with Gasteiger partial charge in [0.15, 0.2) is 0 Å². The van der Waals surface area contributed by atoms with Crippen molar-refractivity contribution in [3.8, 4) is 5.75 Å². The van der Waals surface area contributed by atoms with Crippen molar-refractivity contribution in [1.29, 1.82) is 0 Å². The predicted molar refractivity (Wildman–Crippen MR) is 104 cm³/mol. The molecule has 0 spiro atoms. The van der Waals surface area contributed by atoms with Gasteiger partial charge < -0.3 is 4.74 Å².